The highest BCUT2D eigenvalue weighted by Gasteiger charge is 2.12. The Morgan fingerprint density at radius 3 is 2.74 bits per heavy atom. The molecule has 2 rings (SSSR count). The number of halogens is 2. The van der Waals surface area contributed by atoms with Crippen LogP contribution in [0.5, 0.6) is 5.88 Å². The summed E-state index contributed by atoms with van der Waals surface area (Å²) in [5.41, 5.74) is 2.11. The van der Waals surface area contributed by atoms with E-state index < -0.39 is 0 Å². The number of aromatic nitrogens is 1. The van der Waals surface area contributed by atoms with Crippen LogP contribution >= 0.6 is 34.5 Å². The van der Waals surface area contributed by atoms with Crippen molar-refractivity contribution >= 4 is 34.5 Å². The van der Waals surface area contributed by atoms with Crippen molar-refractivity contribution in [3.8, 4) is 5.88 Å². The van der Waals surface area contributed by atoms with Crippen molar-refractivity contribution in [1.29, 1.82) is 0 Å². The van der Waals surface area contributed by atoms with Gasteiger partial charge in [0.15, 0.2) is 0 Å². The highest BCUT2D eigenvalue weighted by molar-refractivity contribution is 7.20. The Kier molecular flexibility index (Phi) is 5.05. The van der Waals surface area contributed by atoms with Gasteiger partial charge in [0, 0.05) is 24.8 Å². The predicted molar refractivity (Wildman–Crippen MR) is 80.4 cm³/mol. The minimum atomic E-state index is 0.137. The molecule has 0 radical (unpaired) electrons. The molecule has 2 aromatic rings. The third-order valence-corrected chi connectivity index (χ3v) is 4.29. The summed E-state index contributed by atoms with van der Waals surface area (Å²) in [5, 5.41) is 3.39. The second-order valence-electron chi connectivity index (χ2n) is 4.09. The van der Waals surface area contributed by atoms with E-state index in [1.807, 2.05) is 18.2 Å². The zero-order valence-corrected chi connectivity index (χ0v) is 12.9. The molecule has 0 amide bonds. The van der Waals surface area contributed by atoms with Crippen LogP contribution in [-0.2, 0) is 6.54 Å². The number of rotatable bonds is 5. The fourth-order valence-corrected chi connectivity index (χ4v) is 3.31. The van der Waals surface area contributed by atoms with E-state index in [9.17, 15) is 0 Å². The topological polar surface area (TPSA) is 34.1 Å². The van der Waals surface area contributed by atoms with Crippen LogP contribution in [0.4, 0.5) is 0 Å². The van der Waals surface area contributed by atoms with E-state index >= 15 is 0 Å². The average molecular weight is 317 g/mol. The van der Waals surface area contributed by atoms with Crippen molar-refractivity contribution in [1.82, 2.24) is 10.3 Å². The SMILES string of the molecule is COc1ccc(CNC(C)c2cc(Cl)sc2Cl)cn1. The first-order valence-corrected chi connectivity index (χ1v) is 7.34. The van der Waals surface area contributed by atoms with Crippen LogP contribution in [0.2, 0.25) is 8.67 Å². The van der Waals surface area contributed by atoms with Gasteiger partial charge in [-0.3, -0.25) is 0 Å². The summed E-state index contributed by atoms with van der Waals surface area (Å²) in [6.45, 7) is 2.77. The molecule has 19 heavy (non-hydrogen) atoms. The Morgan fingerprint density at radius 2 is 2.21 bits per heavy atom. The molecule has 102 valence electrons. The van der Waals surface area contributed by atoms with Crippen molar-refractivity contribution in [3.05, 3.63) is 44.2 Å². The van der Waals surface area contributed by atoms with Gasteiger partial charge in [0.25, 0.3) is 0 Å². The standard InChI is InChI=1S/C13H14Cl2N2OS/c1-8(10-5-11(14)19-13(10)15)16-6-9-3-4-12(18-2)17-7-9/h3-5,7-8,16H,6H2,1-2H3. The molecule has 2 heterocycles. The third-order valence-electron chi connectivity index (χ3n) is 2.77. The highest BCUT2D eigenvalue weighted by Crippen LogP contribution is 2.34. The minimum absolute atomic E-state index is 0.137. The molecule has 6 heteroatoms. The number of nitrogens with zero attached hydrogens (tertiary/aromatic N) is 1. The Hall–Kier alpha value is -0.810. The molecule has 0 saturated heterocycles. The zero-order chi connectivity index (χ0) is 13.8. The number of hydrogen-bond acceptors (Lipinski definition) is 4. The normalized spacial score (nSPS) is 12.4. The molecule has 0 aliphatic heterocycles. The number of hydrogen-bond donors (Lipinski definition) is 1. The number of thiophene rings is 1. The van der Waals surface area contributed by atoms with E-state index in [0.29, 0.717) is 16.8 Å². The van der Waals surface area contributed by atoms with Crippen LogP contribution in [0, 0.1) is 0 Å². The Balaban J connectivity index is 1.96. The zero-order valence-electron chi connectivity index (χ0n) is 10.6. The average Bonchev–Trinajstić information content (AvgIpc) is 2.75. The lowest BCUT2D eigenvalue weighted by Crippen LogP contribution is -2.17. The lowest BCUT2D eigenvalue weighted by molar-refractivity contribution is 0.397. The van der Waals surface area contributed by atoms with Gasteiger partial charge in [-0.15, -0.1) is 11.3 Å². The molecule has 1 atom stereocenters. The number of pyridine rings is 1. The van der Waals surface area contributed by atoms with Gasteiger partial charge in [-0.1, -0.05) is 29.3 Å². The van der Waals surface area contributed by atoms with Crippen molar-refractivity contribution in [2.24, 2.45) is 0 Å². The van der Waals surface area contributed by atoms with Gasteiger partial charge in [0.2, 0.25) is 5.88 Å². The Labute approximate surface area is 126 Å². The lowest BCUT2D eigenvalue weighted by Gasteiger charge is -2.13. The maximum absolute atomic E-state index is 6.13. The third kappa shape index (κ3) is 3.83. The van der Waals surface area contributed by atoms with Crippen LogP contribution in [0.25, 0.3) is 0 Å². The second-order valence-corrected chi connectivity index (χ2v) is 6.38. The molecule has 0 aliphatic carbocycles. The van der Waals surface area contributed by atoms with Crippen LogP contribution in [-0.4, -0.2) is 12.1 Å². The lowest BCUT2D eigenvalue weighted by atomic mass is 10.1. The van der Waals surface area contributed by atoms with E-state index in [-0.39, 0.29) is 6.04 Å². The van der Waals surface area contributed by atoms with Gasteiger partial charge in [-0.2, -0.15) is 0 Å². The van der Waals surface area contributed by atoms with E-state index in [2.05, 4.69) is 17.2 Å². The van der Waals surface area contributed by atoms with Gasteiger partial charge in [0.1, 0.15) is 0 Å². The quantitative estimate of drug-likeness (QED) is 0.892. The van der Waals surface area contributed by atoms with E-state index in [0.717, 1.165) is 15.5 Å². The Bertz CT molecular complexity index is 542. The molecule has 0 aromatic carbocycles. The molecule has 0 aliphatic rings. The summed E-state index contributed by atoms with van der Waals surface area (Å²) >= 11 is 13.5. The van der Waals surface area contributed by atoms with Crippen LogP contribution in [0.15, 0.2) is 24.4 Å². The predicted octanol–water partition coefficient (Wildman–Crippen LogP) is 4.31. The van der Waals surface area contributed by atoms with E-state index in [4.69, 9.17) is 27.9 Å². The fourth-order valence-electron chi connectivity index (χ4n) is 1.67. The first kappa shape index (κ1) is 14.6. The van der Waals surface area contributed by atoms with E-state index in [1.165, 1.54) is 11.3 Å². The van der Waals surface area contributed by atoms with Crippen LogP contribution < -0.4 is 10.1 Å². The van der Waals surface area contributed by atoms with Gasteiger partial charge in [-0.05, 0) is 24.1 Å². The molecule has 1 unspecified atom stereocenters. The summed E-state index contributed by atoms with van der Waals surface area (Å²) in [7, 11) is 1.60. The van der Waals surface area contributed by atoms with Gasteiger partial charge in [-0.25, -0.2) is 4.98 Å². The summed E-state index contributed by atoms with van der Waals surface area (Å²) in [5.74, 6) is 0.615. The van der Waals surface area contributed by atoms with Crippen LogP contribution in [0.3, 0.4) is 0 Å². The minimum Gasteiger partial charge on any atom is -0.481 e. The van der Waals surface area contributed by atoms with Gasteiger partial charge < -0.3 is 10.1 Å². The summed E-state index contributed by atoms with van der Waals surface area (Å²) in [4.78, 5) is 4.16. The first-order valence-electron chi connectivity index (χ1n) is 5.77. The number of ether oxygens (including phenoxy) is 1. The monoisotopic (exact) mass is 316 g/mol. The van der Waals surface area contributed by atoms with Crippen molar-refractivity contribution in [2.75, 3.05) is 7.11 Å². The first-order chi connectivity index (χ1) is 9.10. The molecule has 0 spiro atoms. The van der Waals surface area contributed by atoms with Crippen molar-refractivity contribution < 1.29 is 4.74 Å². The molecule has 2 aromatic heterocycles. The second kappa shape index (κ2) is 6.57. The largest absolute Gasteiger partial charge is 0.481 e. The highest BCUT2D eigenvalue weighted by atomic mass is 35.5. The summed E-state index contributed by atoms with van der Waals surface area (Å²) in [6.07, 6.45) is 1.79. The van der Waals surface area contributed by atoms with Crippen LogP contribution in [0.1, 0.15) is 24.1 Å². The molecule has 3 nitrogen and oxygen atoms in total. The molecular formula is C13H14Cl2N2OS. The van der Waals surface area contributed by atoms with Crippen molar-refractivity contribution in [2.45, 2.75) is 19.5 Å². The summed E-state index contributed by atoms with van der Waals surface area (Å²) < 4.78 is 6.46. The van der Waals surface area contributed by atoms with E-state index in [1.54, 1.807) is 13.3 Å². The van der Waals surface area contributed by atoms with Gasteiger partial charge >= 0.3 is 0 Å². The molecular weight excluding hydrogens is 303 g/mol. The molecule has 0 saturated carbocycles. The summed E-state index contributed by atoms with van der Waals surface area (Å²) in [6, 6.07) is 5.86. The fraction of sp³-hybridized carbons (Fsp3) is 0.308. The maximum Gasteiger partial charge on any atom is 0.212 e. The number of nitrogens with one attached hydrogen (secondary N) is 1. The molecule has 0 fully saturated rings. The van der Waals surface area contributed by atoms with Gasteiger partial charge in [0.05, 0.1) is 15.8 Å². The van der Waals surface area contributed by atoms with Crippen molar-refractivity contribution in [3.63, 3.8) is 0 Å². The maximum atomic E-state index is 6.13. The molecule has 0 bridgehead atoms. The Morgan fingerprint density at radius 1 is 1.42 bits per heavy atom. The smallest absolute Gasteiger partial charge is 0.212 e. The number of methoxy groups -OCH3 is 1. The molecule has 1 N–H and O–H groups in total.